The fourth-order valence-electron chi connectivity index (χ4n) is 1.74. The lowest BCUT2D eigenvalue weighted by Gasteiger charge is -2.24. The van der Waals surface area contributed by atoms with Gasteiger partial charge in [0.25, 0.3) is 0 Å². The number of anilines is 1. The molecule has 4 nitrogen and oxygen atoms in total. The number of rotatable bonds is 5. The minimum atomic E-state index is -4.59. The van der Waals surface area contributed by atoms with Gasteiger partial charge in [-0.3, -0.25) is 9.59 Å². The number of para-hydroxylation sites is 1. The van der Waals surface area contributed by atoms with E-state index in [1.165, 1.54) is 26.0 Å². The summed E-state index contributed by atoms with van der Waals surface area (Å²) in [5, 5.41) is 4.82. The summed E-state index contributed by atoms with van der Waals surface area (Å²) in [4.78, 5) is 24.3. The molecule has 0 aliphatic rings. The number of hydrogen-bond acceptors (Lipinski definition) is 2. The summed E-state index contributed by atoms with van der Waals surface area (Å²) >= 11 is 0. The first kappa shape index (κ1) is 19.0. The maximum Gasteiger partial charge on any atom is 0.418 e. The Balaban J connectivity index is 2.93. The van der Waals surface area contributed by atoms with Gasteiger partial charge >= 0.3 is 6.18 Å². The van der Waals surface area contributed by atoms with Crippen LogP contribution in [0.3, 0.4) is 0 Å². The van der Waals surface area contributed by atoms with Gasteiger partial charge in [-0.25, -0.2) is 0 Å². The number of hydrogen-bond donors (Lipinski definition) is 2. The Kier molecular flexibility index (Phi) is 5.80. The van der Waals surface area contributed by atoms with Gasteiger partial charge in [-0.2, -0.15) is 13.2 Å². The number of amides is 2. The van der Waals surface area contributed by atoms with E-state index >= 15 is 0 Å². The third-order valence-electron chi connectivity index (χ3n) is 3.29. The molecule has 0 radical (unpaired) electrons. The molecule has 128 valence electrons. The monoisotopic (exact) mass is 330 g/mol. The van der Waals surface area contributed by atoms with Crippen LogP contribution in [0.15, 0.2) is 24.3 Å². The van der Waals surface area contributed by atoms with Crippen LogP contribution in [0.25, 0.3) is 0 Å². The SMILES string of the molecule is CC(C)CNC(=O)C(C)(C)C(=O)Nc1ccccc1C(F)(F)F. The lowest BCUT2D eigenvalue weighted by Crippen LogP contribution is -2.46. The van der Waals surface area contributed by atoms with E-state index in [2.05, 4.69) is 10.6 Å². The zero-order chi connectivity index (χ0) is 17.8. The Hall–Kier alpha value is -2.05. The van der Waals surface area contributed by atoms with Crippen LogP contribution in [0, 0.1) is 11.3 Å². The van der Waals surface area contributed by atoms with E-state index in [9.17, 15) is 22.8 Å². The molecule has 0 bridgehead atoms. The Morgan fingerprint density at radius 2 is 1.65 bits per heavy atom. The van der Waals surface area contributed by atoms with Crippen LogP contribution in [0.2, 0.25) is 0 Å². The largest absolute Gasteiger partial charge is 0.418 e. The van der Waals surface area contributed by atoms with E-state index in [-0.39, 0.29) is 11.6 Å². The summed E-state index contributed by atoms with van der Waals surface area (Å²) in [7, 11) is 0. The van der Waals surface area contributed by atoms with Crippen molar-refractivity contribution in [1.82, 2.24) is 5.32 Å². The molecule has 0 aromatic heterocycles. The molecule has 0 saturated carbocycles. The van der Waals surface area contributed by atoms with E-state index in [1.54, 1.807) is 0 Å². The molecule has 23 heavy (non-hydrogen) atoms. The predicted octanol–water partition coefficient (Wildman–Crippen LogP) is 3.44. The zero-order valence-corrected chi connectivity index (χ0v) is 13.5. The molecule has 0 fully saturated rings. The first-order chi connectivity index (χ1) is 10.5. The molecule has 7 heteroatoms. The lowest BCUT2D eigenvalue weighted by atomic mass is 9.90. The van der Waals surface area contributed by atoms with Crippen molar-refractivity contribution in [2.75, 3.05) is 11.9 Å². The van der Waals surface area contributed by atoms with Gasteiger partial charge < -0.3 is 10.6 Å². The van der Waals surface area contributed by atoms with Crippen LogP contribution in [0.1, 0.15) is 33.3 Å². The van der Waals surface area contributed by atoms with Crippen molar-refractivity contribution in [2.24, 2.45) is 11.3 Å². The minimum absolute atomic E-state index is 0.198. The highest BCUT2D eigenvalue weighted by atomic mass is 19.4. The van der Waals surface area contributed by atoms with Crippen LogP contribution in [-0.4, -0.2) is 18.4 Å². The van der Waals surface area contributed by atoms with Crippen molar-refractivity contribution in [2.45, 2.75) is 33.9 Å². The first-order valence-corrected chi connectivity index (χ1v) is 7.22. The second kappa shape index (κ2) is 7.02. The first-order valence-electron chi connectivity index (χ1n) is 7.22. The van der Waals surface area contributed by atoms with E-state index in [4.69, 9.17) is 0 Å². The molecule has 1 rings (SSSR count). The van der Waals surface area contributed by atoms with Gasteiger partial charge in [-0.1, -0.05) is 26.0 Å². The average molecular weight is 330 g/mol. The highest BCUT2D eigenvalue weighted by molar-refractivity contribution is 6.10. The molecule has 2 N–H and O–H groups in total. The van der Waals surface area contributed by atoms with Crippen LogP contribution < -0.4 is 10.6 Å². The number of benzene rings is 1. The van der Waals surface area contributed by atoms with E-state index < -0.39 is 29.0 Å². The van der Waals surface area contributed by atoms with E-state index in [0.717, 1.165) is 12.1 Å². The Morgan fingerprint density at radius 3 is 2.17 bits per heavy atom. The van der Waals surface area contributed by atoms with Crippen LogP contribution in [0.4, 0.5) is 18.9 Å². The van der Waals surface area contributed by atoms with Crippen molar-refractivity contribution in [3.05, 3.63) is 29.8 Å². The summed E-state index contributed by atoms with van der Waals surface area (Å²) in [6, 6.07) is 4.65. The number of nitrogens with one attached hydrogen (secondary N) is 2. The minimum Gasteiger partial charge on any atom is -0.355 e. The molecule has 1 aromatic rings. The quantitative estimate of drug-likeness (QED) is 0.813. The van der Waals surface area contributed by atoms with Crippen LogP contribution in [0.5, 0.6) is 0 Å². The molecular weight excluding hydrogens is 309 g/mol. The van der Waals surface area contributed by atoms with Crippen molar-refractivity contribution in [3.63, 3.8) is 0 Å². The number of carbonyl (C=O) groups excluding carboxylic acids is 2. The summed E-state index contributed by atoms with van der Waals surface area (Å²) in [6.07, 6.45) is -4.59. The predicted molar refractivity (Wildman–Crippen MR) is 81.7 cm³/mol. The van der Waals surface area contributed by atoms with Gasteiger partial charge in [0, 0.05) is 6.54 Å². The zero-order valence-electron chi connectivity index (χ0n) is 13.5. The topological polar surface area (TPSA) is 58.2 Å². The highest BCUT2D eigenvalue weighted by Crippen LogP contribution is 2.35. The van der Waals surface area contributed by atoms with Gasteiger partial charge in [-0.05, 0) is 31.9 Å². The Bertz CT molecular complexity index is 581. The fourth-order valence-corrected chi connectivity index (χ4v) is 1.74. The molecule has 0 unspecified atom stereocenters. The Morgan fingerprint density at radius 1 is 1.09 bits per heavy atom. The van der Waals surface area contributed by atoms with Crippen molar-refractivity contribution in [1.29, 1.82) is 0 Å². The summed E-state index contributed by atoms with van der Waals surface area (Å²) < 4.78 is 38.8. The number of carbonyl (C=O) groups is 2. The molecule has 0 aliphatic carbocycles. The fraction of sp³-hybridized carbons (Fsp3) is 0.500. The standard InChI is InChI=1S/C16H21F3N2O2/c1-10(2)9-20-13(22)15(3,4)14(23)21-12-8-6-5-7-11(12)16(17,18)19/h5-8,10H,9H2,1-4H3,(H,20,22)(H,21,23). The van der Waals surface area contributed by atoms with Crippen LogP contribution in [-0.2, 0) is 15.8 Å². The van der Waals surface area contributed by atoms with Gasteiger partial charge in [-0.15, -0.1) is 0 Å². The normalized spacial score (nSPS) is 12.2. The van der Waals surface area contributed by atoms with E-state index in [1.807, 2.05) is 13.8 Å². The summed E-state index contributed by atoms with van der Waals surface area (Å²) in [5.74, 6) is -1.13. The molecular formula is C16H21F3N2O2. The maximum absolute atomic E-state index is 12.9. The molecule has 2 amide bonds. The van der Waals surface area contributed by atoms with Gasteiger partial charge in [0.05, 0.1) is 11.3 Å². The second-order valence-corrected chi connectivity index (χ2v) is 6.23. The van der Waals surface area contributed by atoms with Crippen molar-refractivity contribution >= 4 is 17.5 Å². The third kappa shape index (κ3) is 4.97. The van der Waals surface area contributed by atoms with Crippen molar-refractivity contribution in [3.8, 4) is 0 Å². The number of halogens is 3. The lowest BCUT2D eigenvalue weighted by molar-refractivity contribution is -0.138. The summed E-state index contributed by atoms with van der Waals surface area (Å²) in [5.41, 5.74) is -2.81. The Labute approximate surface area is 133 Å². The highest BCUT2D eigenvalue weighted by Gasteiger charge is 2.38. The molecule has 0 heterocycles. The van der Waals surface area contributed by atoms with Gasteiger partial charge in [0.2, 0.25) is 11.8 Å². The maximum atomic E-state index is 12.9. The molecule has 0 atom stereocenters. The molecule has 0 spiro atoms. The molecule has 0 aliphatic heterocycles. The second-order valence-electron chi connectivity index (χ2n) is 6.23. The van der Waals surface area contributed by atoms with Gasteiger partial charge in [0.1, 0.15) is 5.41 Å². The van der Waals surface area contributed by atoms with Crippen LogP contribution >= 0.6 is 0 Å². The van der Waals surface area contributed by atoms with E-state index in [0.29, 0.717) is 6.54 Å². The van der Waals surface area contributed by atoms with Gasteiger partial charge in [0.15, 0.2) is 0 Å². The van der Waals surface area contributed by atoms with Crippen molar-refractivity contribution < 1.29 is 22.8 Å². The summed E-state index contributed by atoms with van der Waals surface area (Å²) in [6.45, 7) is 6.91. The molecule has 1 aromatic carbocycles. The molecule has 0 saturated heterocycles. The smallest absolute Gasteiger partial charge is 0.355 e. The average Bonchev–Trinajstić information content (AvgIpc) is 2.43. The number of alkyl halides is 3. The third-order valence-corrected chi connectivity index (χ3v) is 3.29.